The zero-order chi connectivity index (χ0) is 19.1. The number of Topliss-reactive ketones (excluding diaryl/α,β-unsaturated/α-hetero) is 1. The Kier molecular flexibility index (Phi) is 6.43. The maximum atomic E-state index is 12.9. The van der Waals surface area contributed by atoms with Gasteiger partial charge in [0.25, 0.3) is 0 Å². The van der Waals surface area contributed by atoms with E-state index in [2.05, 4.69) is 5.16 Å². The Morgan fingerprint density at radius 1 is 1.15 bits per heavy atom. The summed E-state index contributed by atoms with van der Waals surface area (Å²) in [4.78, 5) is 30.4. The van der Waals surface area contributed by atoms with Crippen LogP contribution in [-0.2, 0) is 9.57 Å². The summed E-state index contributed by atoms with van der Waals surface area (Å²) < 4.78 is 17.6. The number of oxime groups is 1. The van der Waals surface area contributed by atoms with E-state index in [0.717, 1.165) is 6.21 Å². The number of ether oxygens (including phenoxy) is 1. The molecule has 0 N–H and O–H groups in total. The van der Waals surface area contributed by atoms with Gasteiger partial charge in [-0.2, -0.15) is 0 Å². The van der Waals surface area contributed by atoms with Crippen LogP contribution in [0.1, 0.15) is 28.9 Å². The van der Waals surface area contributed by atoms with Gasteiger partial charge in [0.2, 0.25) is 5.78 Å². The zero-order valence-electron chi connectivity index (χ0n) is 14.7. The third kappa shape index (κ3) is 4.66. The molecule has 1 unspecified atom stereocenters. The number of carbonyl (C=O) groups excluding carboxylic acids is 2. The Bertz CT molecular complexity index is 805. The second-order valence-corrected chi connectivity index (χ2v) is 5.44. The fourth-order valence-corrected chi connectivity index (χ4v) is 2.29. The average molecular weight is 358 g/mol. The number of hydrogen-bond acceptors (Lipinski definition) is 5. The van der Waals surface area contributed by atoms with E-state index in [-0.39, 0.29) is 0 Å². The fourth-order valence-electron chi connectivity index (χ4n) is 2.29. The van der Waals surface area contributed by atoms with Gasteiger partial charge in [0.1, 0.15) is 12.0 Å². The van der Waals surface area contributed by atoms with Gasteiger partial charge in [0, 0.05) is 18.2 Å². The third-order valence-corrected chi connectivity index (χ3v) is 3.70. The number of amides is 1. The van der Waals surface area contributed by atoms with E-state index in [4.69, 9.17) is 9.57 Å². The Hall–Kier alpha value is -3.22. The molecule has 0 heterocycles. The summed E-state index contributed by atoms with van der Waals surface area (Å²) in [5.74, 6) is -0.827. The molecule has 0 aliphatic rings. The largest absolute Gasteiger partial charge is 0.452 e. The topological polar surface area (TPSA) is 68.2 Å². The normalized spacial score (nSPS) is 11.8. The molecule has 7 heteroatoms. The summed E-state index contributed by atoms with van der Waals surface area (Å²) in [5.41, 5.74) is 1.61. The molecule has 2 rings (SSSR count). The van der Waals surface area contributed by atoms with E-state index < -0.39 is 23.8 Å². The SMILES string of the molecule is COC(=O)N(C)c1ccccc1C(C)ON=CC(=O)c1ccc(F)cc1. The van der Waals surface area contributed by atoms with Crippen molar-refractivity contribution in [1.82, 2.24) is 0 Å². The number of carbonyl (C=O) groups is 2. The van der Waals surface area contributed by atoms with Crippen LogP contribution in [0.5, 0.6) is 0 Å². The average Bonchev–Trinajstić information content (AvgIpc) is 2.67. The molecule has 2 aromatic rings. The van der Waals surface area contributed by atoms with Crippen LogP contribution >= 0.6 is 0 Å². The molecule has 6 nitrogen and oxygen atoms in total. The molecule has 2 aromatic carbocycles. The number of rotatable bonds is 6. The Balaban J connectivity index is 2.08. The van der Waals surface area contributed by atoms with Crippen molar-refractivity contribution in [1.29, 1.82) is 0 Å². The summed E-state index contributed by atoms with van der Waals surface area (Å²) in [6.45, 7) is 1.74. The van der Waals surface area contributed by atoms with Gasteiger partial charge in [0.05, 0.1) is 12.8 Å². The van der Waals surface area contributed by atoms with Gasteiger partial charge in [-0.05, 0) is 37.3 Å². The number of hydrogen-bond donors (Lipinski definition) is 0. The molecule has 0 aromatic heterocycles. The predicted octanol–water partition coefficient (Wildman–Crippen LogP) is 3.97. The van der Waals surface area contributed by atoms with Gasteiger partial charge in [-0.1, -0.05) is 23.4 Å². The van der Waals surface area contributed by atoms with Crippen LogP contribution in [0, 0.1) is 5.82 Å². The monoisotopic (exact) mass is 358 g/mol. The standard InChI is InChI=1S/C19H19FN2O4/c1-13(16-6-4-5-7-17(16)22(2)19(24)25-3)26-21-12-18(23)14-8-10-15(20)11-9-14/h4-13H,1-3H3. The first kappa shape index (κ1) is 19.1. The van der Waals surface area contributed by atoms with Crippen molar-refractivity contribution < 1.29 is 23.6 Å². The summed E-state index contributed by atoms with van der Waals surface area (Å²) in [6, 6.07) is 12.3. The molecular weight excluding hydrogens is 339 g/mol. The second-order valence-electron chi connectivity index (χ2n) is 5.44. The Labute approximate surface area is 150 Å². The van der Waals surface area contributed by atoms with Crippen LogP contribution in [0.4, 0.5) is 14.9 Å². The molecule has 26 heavy (non-hydrogen) atoms. The molecule has 0 spiro atoms. The molecule has 0 aliphatic carbocycles. The van der Waals surface area contributed by atoms with Crippen LogP contribution in [0.15, 0.2) is 53.7 Å². The van der Waals surface area contributed by atoms with E-state index in [0.29, 0.717) is 16.8 Å². The smallest absolute Gasteiger partial charge is 0.413 e. The molecule has 0 saturated carbocycles. The molecule has 1 atom stereocenters. The minimum atomic E-state index is -0.518. The lowest BCUT2D eigenvalue weighted by Gasteiger charge is -2.21. The molecule has 0 saturated heterocycles. The zero-order valence-corrected chi connectivity index (χ0v) is 14.7. The molecule has 0 bridgehead atoms. The lowest BCUT2D eigenvalue weighted by Crippen LogP contribution is -2.27. The molecule has 0 radical (unpaired) electrons. The summed E-state index contributed by atoms with van der Waals surface area (Å²) in [7, 11) is 2.88. The lowest BCUT2D eigenvalue weighted by atomic mass is 10.1. The van der Waals surface area contributed by atoms with E-state index in [9.17, 15) is 14.0 Å². The highest BCUT2D eigenvalue weighted by atomic mass is 19.1. The maximum absolute atomic E-state index is 12.9. The summed E-state index contributed by atoms with van der Waals surface area (Å²) >= 11 is 0. The highest BCUT2D eigenvalue weighted by Gasteiger charge is 2.18. The molecule has 0 aliphatic heterocycles. The number of para-hydroxylation sites is 1. The third-order valence-electron chi connectivity index (χ3n) is 3.70. The highest BCUT2D eigenvalue weighted by molar-refractivity contribution is 6.35. The van der Waals surface area contributed by atoms with E-state index >= 15 is 0 Å². The number of anilines is 1. The van der Waals surface area contributed by atoms with Gasteiger partial charge < -0.3 is 9.57 Å². The van der Waals surface area contributed by atoms with Gasteiger partial charge in [-0.25, -0.2) is 9.18 Å². The number of nitrogens with zero attached hydrogens (tertiary/aromatic N) is 2. The first-order valence-corrected chi connectivity index (χ1v) is 7.83. The Morgan fingerprint density at radius 3 is 2.46 bits per heavy atom. The minimum absolute atomic E-state index is 0.303. The first-order valence-electron chi connectivity index (χ1n) is 7.83. The summed E-state index contributed by atoms with van der Waals surface area (Å²) in [6.07, 6.45) is -0.00803. The number of benzene rings is 2. The predicted molar refractivity (Wildman–Crippen MR) is 96.0 cm³/mol. The van der Waals surface area contributed by atoms with Gasteiger partial charge in [-0.3, -0.25) is 9.69 Å². The van der Waals surface area contributed by atoms with Crippen molar-refractivity contribution in [2.75, 3.05) is 19.1 Å². The maximum Gasteiger partial charge on any atom is 0.413 e. The lowest BCUT2D eigenvalue weighted by molar-refractivity contribution is 0.0726. The van der Waals surface area contributed by atoms with Crippen LogP contribution in [0.3, 0.4) is 0 Å². The van der Waals surface area contributed by atoms with Crippen molar-refractivity contribution in [3.8, 4) is 0 Å². The van der Waals surface area contributed by atoms with Crippen LogP contribution in [0.2, 0.25) is 0 Å². The molecular formula is C19H19FN2O4. The number of halogens is 1. The minimum Gasteiger partial charge on any atom is -0.452 e. The fraction of sp³-hybridized carbons (Fsp3) is 0.211. The number of methoxy groups -OCH3 is 1. The number of ketones is 1. The first-order chi connectivity index (χ1) is 12.4. The van der Waals surface area contributed by atoms with Crippen LogP contribution in [0.25, 0.3) is 0 Å². The van der Waals surface area contributed by atoms with Crippen molar-refractivity contribution in [3.05, 3.63) is 65.5 Å². The van der Waals surface area contributed by atoms with Crippen LogP contribution < -0.4 is 4.90 Å². The van der Waals surface area contributed by atoms with E-state index in [1.165, 1.54) is 36.3 Å². The van der Waals surface area contributed by atoms with Gasteiger partial charge >= 0.3 is 6.09 Å². The molecule has 0 fully saturated rings. The summed E-state index contributed by atoms with van der Waals surface area (Å²) in [5, 5.41) is 3.71. The quantitative estimate of drug-likeness (QED) is 0.445. The van der Waals surface area contributed by atoms with Crippen LogP contribution in [-0.4, -0.2) is 32.2 Å². The van der Waals surface area contributed by atoms with Gasteiger partial charge in [0.15, 0.2) is 6.10 Å². The van der Waals surface area contributed by atoms with Crippen molar-refractivity contribution in [2.24, 2.45) is 5.16 Å². The van der Waals surface area contributed by atoms with Crippen molar-refractivity contribution in [3.63, 3.8) is 0 Å². The molecule has 1 amide bonds. The molecule has 136 valence electrons. The van der Waals surface area contributed by atoms with E-state index in [1.54, 1.807) is 38.2 Å². The van der Waals surface area contributed by atoms with Crippen molar-refractivity contribution in [2.45, 2.75) is 13.0 Å². The van der Waals surface area contributed by atoms with Crippen molar-refractivity contribution >= 4 is 23.8 Å². The van der Waals surface area contributed by atoms with E-state index in [1.807, 2.05) is 0 Å². The van der Waals surface area contributed by atoms with Gasteiger partial charge in [-0.15, -0.1) is 0 Å². The Morgan fingerprint density at radius 2 is 1.81 bits per heavy atom. The second kappa shape index (κ2) is 8.75. The highest BCUT2D eigenvalue weighted by Crippen LogP contribution is 2.28.